The number of hydrogen-bond acceptors (Lipinski definition) is 0. The van der Waals surface area contributed by atoms with Crippen LogP contribution in [0.2, 0.25) is 12.6 Å². The monoisotopic (exact) mass is 64.1 g/mol. The Bertz CT molecular complexity index is 42.9. The van der Waals surface area contributed by atoms with Crippen LogP contribution in [0.5, 0.6) is 0 Å². The molecule has 0 atom stereocenters. The molecule has 0 saturated carbocycles. The van der Waals surface area contributed by atoms with Gasteiger partial charge in [0.05, 0.1) is 0 Å². The van der Waals surface area contributed by atoms with Crippen molar-refractivity contribution in [2.45, 2.75) is 12.6 Å². The van der Waals surface area contributed by atoms with E-state index in [1.54, 1.807) is 0 Å². The molecule has 2 heteroatoms. The van der Waals surface area contributed by atoms with Crippen LogP contribution in [-0.2, 0) is 0 Å². The Morgan fingerprint density at radius 1 is 1.80 bits per heavy atom. The molecule has 0 saturated heterocycles. The van der Waals surface area contributed by atoms with Gasteiger partial charge in [-0.25, -0.2) is 0 Å². The van der Waals surface area contributed by atoms with Crippen molar-refractivity contribution in [3.8, 4) is 0 Å². The van der Waals surface area contributed by atoms with E-state index >= 15 is 0 Å². The molecule has 0 aromatic heterocycles. The van der Waals surface area contributed by atoms with E-state index in [4.69, 9.17) is 0 Å². The molecular weight excluding hydrogens is 57.7 g/mol. The van der Waals surface area contributed by atoms with E-state index in [0.717, 1.165) is 0 Å². The van der Waals surface area contributed by atoms with Crippen molar-refractivity contribution in [1.82, 2.24) is 0 Å². The van der Waals surface area contributed by atoms with Crippen molar-refractivity contribution in [2.75, 3.05) is 0 Å². The standard InChI is InChI=1S/C3H6B2/c1-2-5-3-4-1/h3-4H,1-2H2. The van der Waals surface area contributed by atoms with Gasteiger partial charge in [-0.2, -0.15) is 0 Å². The molecule has 0 spiro atoms. The van der Waals surface area contributed by atoms with Gasteiger partial charge >= 0.3 is 32.7 Å². The Morgan fingerprint density at radius 2 is 2.80 bits per heavy atom. The topological polar surface area (TPSA) is 0 Å². The molecule has 0 bridgehead atoms. The summed E-state index contributed by atoms with van der Waals surface area (Å²) in [6.45, 7) is 2.24. The summed E-state index contributed by atoms with van der Waals surface area (Å²) < 4.78 is 0. The van der Waals surface area contributed by atoms with Crippen molar-refractivity contribution in [3.05, 3.63) is 0 Å². The van der Waals surface area contributed by atoms with Gasteiger partial charge in [0.1, 0.15) is 0 Å². The first-order valence-corrected chi connectivity index (χ1v) is 2.15. The maximum absolute atomic E-state index is 2.24. The van der Waals surface area contributed by atoms with Crippen molar-refractivity contribution in [2.24, 2.45) is 0 Å². The predicted octanol–water partition coefficient (Wildman–Crippen LogP) is -0.263. The molecule has 24 valence electrons. The van der Waals surface area contributed by atoms with Crippen LogP contribution in [0.1, 0.15) is 0 Å². The second-order valence-corrected chi connectivity index (χ2v) is 1.40. The molecule has 0 N–H and O–H groups in total. The summed E-state index contributed by atoms with van der Waals surface area (Å²) >= 11 is 0. The average molecular weight is 63.7 g/mol. The third-order valence-electron chi connectivity index (χ3n) is 0.908. The van der Waals surface area contributed by atoms with Crippen LogP contribution in [0.25, 0.3) is 0 Å². The van der Waals surface area contributed by atoms with E-state index in [0.29, 0.717) is 0 Å². The fourth-order valence-electron chi connectivity index (χ4n) is 0.589. The molecule has 1 aliphatic rings. The van der Waals surface area contributed by atoms with Crippen molar-refractivity contribution in [3.63, 3.8) is 0 Å². The van der Waals surface area contributed by atoms with Gasteiger partial charge < -0.3 is 0 Å². The van der Waals surface area contributed by atoms with Crippen LogP contribution in [-0.4, -0.2) is 20.1 Å². The molecule has 1 rings (SSSR count). The minimum absolute atomic E-state index is 1.32. The summed E-state index contributed by atoms with van der Waals surface area (Å²) in [4.78, 5) is 0. The molecule has 1 heterocycles. The van der Waals surface area contributed by atoms with Crippen molar-refractivity contribution in [1.29, 1.82) is 0 Å². The summed E-state index contributed by atoms with van der Waals surface area (Å²) in [5.74, 6) is 2.24. The van der Waals surface area contributed by atoms with Crippen LogP contribution in [0.3, 0.4) is 0 Å². The molecule has 0 nitrogen and oxygen atoms in total. The Morgan fingerprint density at radius 3 is 3.00 bits per heavy atom. The van der Waals surface area contributed by atoms with Crippen molar-refractivity contribution < 1.29 is 0 Å². The Balaban J connectivity index is 2.32. The molecular formula is C3H6B2. The Kier molecular flexibility index (Phi) is 0.922. The normalized spacial score (nSPS) is 17.6. The van der Waals surface area contributed by atoms with E-state index in [9.17, 15) is 0 Å². The SMILES string of the molecule is B1=CBCC1. The molecule has 1 aliphatic heterocycles. The van der Waals surface area contributed by atoms with Crippen LogP contribution in [0.15, 0.2) is 0 Å². The first kappa shape index (κ1) is 3.20. The van der Waals surface area contributed by atoms with Gasteiger partial charge in [0.2, 0.25) is 0 Å². The van der Waals surface area contributed by atoms with Crippen LogP contribution < -0.4 is 0 Å². The molecule has 5 heavy (non-hydrogen) atoms. The van der Waals surface area contributed by atoms with Gasteiger partial charge in [-0.1, -0.05) is 0 Å². The van der Waals surface area contributed by atoms with E-state index < -0.39 is 0 Å². The fourth-order valence-corrected chi connectivity index (χ4v) is 0.589. The quantitative estimate of drug-likeness (QED) is 0.340. The molecule has 0 aromatic rings. The zero-order chi connectivity index (χ0) is 3.54. The minimum atomic E-state index is 1.32. The molecule has 0 aromatic carbocycles. The van der Waals surface area contributed by atoms with Crippen molar-refractivity contribution >= 4 is 20.1 Å². The van der Waals surface area contributed by atoms with E-state index in [1.807, 2.05) is 0 Å². The molecule has 0 radical (unpaired) electrons. The van der Waals surface area contributed by atoms with Gasteiger partial charge in [0.25, 0.3) is 0 Å². The second kappa shape index (κ2) is 1.44. The summed E-state index contributed by atoms with van der Waals surface area (Å²) in [5.41, 5.74) is 0. The van der Waals surface area contributed by atoms with Crippen LogP contribution >= 0.6 is 0 Å². The first-order valence-electron chi connectivity index (χ1n) is 2.15. The summed E-state index contributed by atoms with van der Waals surface area (Å²) in [6, 6.07) is 0. The summed E-state index contributed by atoms with van der Waals surface area (Å²) in [7, 11) is 1.32. The van der Waals surface area contributed by atoms with Gasteiger partial charge in [-0.15, -0.1) is 0 Å². The molecule has 0 unspecified atom stereocenters. The zero-order valence-electron chi connectivity index (χ0n) is 3.28. The van der Waals surface area contributed by atoms with Gasteiger partial charge in [-0.05, 0) is 0 Å². The second-order valence-electron chi connectivity index (χ2n) is 1.40. The van der Waals surface area contributed by atoms with Gasteiger partial charge in [0, 0.05) is 0 Å². The third kappa shape index (κ3) is 0.640. The average Bonchev–Trinajstić information content (AvgIpc) is 1.76. The van der Waals surface area contributed by atoms with Crippen LogP contribution in [0, 0.1) is 0 Å². The Hall–Kier alpha value is -0.000130. The summed E-state index contributed by atoms with van der Waals surface area (Å²) in [6.07, 6.45) is 2.71. The zero-order valence-corrected chi connectivity index (χ0v) is 3.28. The molecule has 0 aliphatic carbocycles. The fraction of sp³-hybridized carbons (Fsp3) is 0.667. The predicted molar refractivity (Wildman–Crippen MR) is 28.6 cm³/mol. The summed E-state index contributed by atoms with van der Waals surface area (Å²) in [5, 5.41) is 0. The van der Waals surface area contributed by atoms with E-state index in [1.165, 1.54) is 19.9 Å². The Labute approximate surface area is 33.7 Å². The number of hydrogen-bond donors (Lipinski definition) is 0. The maximum atomic E-state index is 2.24. The van der Waals surface area contributed by atoms with E-state index in [2.05, 4.69) is 12.8 Å². The van der Waals surface area contributed by atoms with Gasteiger partial charge in [-0.3, -0.25) is 0 Å². The van der Waals surface area contributed by atoms with Gasteiger partial charge in [0.15, 0.2) is 0 Å². The van der Waals surface area contributed by atoms with E-state index in [-0.39, 0.29) is 0 Å². The molecule has 0 amide bonds. The first-order chi connectivity index (χ1) is 2.50. The van der Waals surface area contributed by atoms with Crippen LogP contribution in [0.4, 0.5) is 0 Å². The number of rotatable bonds is 0. The molecule has 0 fully saturated rings. The third-order valence-corrected chi connectivity index (χ3v) is 0.908.